The minimum Gasteiger partial charge on any atom is -0.314 e. The first-order chi connectivity index (χ1) is 9.33. The molecule has 0 heterocycles. The van der Waals surface area contributed by atoms with Crippen molar-refractivity contribution in [1.29, 1.82) is 0 Å². The van der Waals surface area contributed by atoms with Crippen LogP contribution in [0.1, 0.15) is 56.4 Å². The summed E-state index contributed by atoms with van der Waals surface area (Å²) >= 11 is 3.67. The Morgan fingerprint density at radius 3 is 2.53 bits per heavy atom. The Bertz CT molecular complexity index is 405. The maximum absolute atomic E-state index is 3.79. The molecule has 1 aromatic carbocycles. The van der Waals surface area contributed by atoms with Crippen LogP contribution >= 0.6 is 15.9 Å². The van der Waals surface area contributed by atoms with Gasteiger partial charge in [0.05, 0.1) is 0 Å². The van der Waals surface area contributed by atoms with Crippen LogP contribution in [0.2, 0.25) is 0 Å². The molecule has 1 aromatic rings. The molecule has 1 N–H and O–H groups in total. The molecule has 0 spiro atoms. The lowest BCUT2D eigenvalue weighted by Crippen LogP contribution is -2.42. The van der Waals surface area contributed by atoms with E-state index in [1.54, 1.807) is 0 Å². The predicted molar refractivity (Wildman–Crippen MR) is 84.5 cm³/mol. The van der Waals surface area contributed by atoms with Crippen LogP contribution in [0.3, 0.4) is 0 Å². The van der Waals surface area contributed by atoms with Crippen LogP contribution in [0.5, 0.6) is 0 Å². The summed E-state index contributed by atoms with van der Waals surface area (Å²) in [6.45, 7) is 1.26. The zero-order valence-corrected chi connectivity index (χ0v) is 13.2. The first-order valence-electron chi connectivity index (χ1n) is 7.80. The molecule has 0 radical (unpaired) electrons. The largest absolute Gasteiger partial charge is 0.314 e. The van der Waals surface area contributed by atoms with Gasteiger partial charge in [0.1, 0.15) is 0 Å². The second-order valence-corrected chi connectivity index (χ2v) is 7.15. The van der Waals surface area contributed by atoms with E-state index in [1.165, 1.54) is 61.5 Å². The number of hydrogen-bond acceptors (Lipinski definition) is 1. The highest BCUT2D eigenvalue weighted by Gasteiger charge is 2.31. The Labute approximate surface area is 125 Å². The van der Waals surface area contributed by atoms with Gasteiger partial charge in [-0.05, 0) is 55.7 Å². The Kier molecular flexibility index (Phi) is 4.60. The van der Waals surface area contributed by atoms with Crippen LogP contribution in [-0.2, 0) is 0 Å². The quantitative estimate of drug-likeness (QED) is 0.834. The molecule has 2 fully saturated rings. The van der Waals surface area contributed by atoms with E-state index in [0.717, 1.165) is 17.9 Å². The zero-order chi connectivity index (χ0) is 13.1. The van der Waals surface area contributed by atoms with E-state index in [4.69, 9.17) is 0 Å². The van der Waals surface area contributed by atoms with Gasteiger partial charge >= 0.3 is 0 Å². The second kappa shape index (κ2) is 6.41. The van der Waals surface area contributed by atoms with Crippen LogP contribution < -0.4 is 5.32 Å². The summed E-state index contributed by atoms with van der Waals surface area (Å²) in [6, 6.07) is 9.46. The summed E-state index contributed by atoms with van der Waals surface area (Å²) in [5, 5.41) is 3.79. The topological polar surface area (TPSA) is 12.0 Å². The fourth-order valence-corrected chi connectivity index (χ4v) is 4.18. The molecule has 3 rings (SSSR count). The zero-order valence-electron chi connectivity index (χ0n) is 11.6. The molecule has 0 aromatic heterocycles. The standard InChI is InChI=1S/C17H24BrN/c18-17-9-5-4-8-16(17)14-10-15(11-14)19-12-13-6-2-1-3-7-13/h4-5,8-9,13-15,19H,1-3,6-7,10-12H2. The molecule has 2 saturated carbocycles. The van der Waals surface area contributed by atoms with Gasteiger partial charge in [-0.1, -0.05) is 53.4 Å². The van der Waals surface area contributed by atoms with Crippen molar-refractivity contribution in [2.24, 2.45) is 5.92 Å². The highest BCUT2D eigenvalue weighted by molar-refractivity contribution is 9.10. The van der Waals surface area contributed by atoms with Gasteiger partial charge in [0, 0.05) is 10.5 Å². The average molecular weight is 322 g/mol. The summed E-state index contributed by atoms with van der Waals surface area (Å²) in [4.78, 5) is 0. The molecular weight excluding hydrogens is 298 g/mol. The lowest BCUT2D eigenvalue weighted by atomic mass is 9.75. The second-order valence-electron chi connectivity index (χ2n) is 6.30. The minimum atomic E-state index is 0.763. The summed E-state index contributed by atoms with van der Waals surface area (Å²) in [5.74, 6) is 1.72. The number of halogens is 1. The van der Waals surface area contributed by atoms with Crippen LogP contribution in [0, 0.1) is 5.92 Å². The highest BCUT2D eigenvalue weighted by Crippen LogP contribution is 2.40. The Hall–Kier alpha value is -0.340. The van der Waals surface area contributed by atoms with Gasteiger partial charge in [-0.2, -0.15) is 0 Å². The van der Waals surface area contributed by atoms with Crippen molar-refractivity contribution in [3.05, 3.63) is 34.3 Å². The molecule has 0 amide bonds. The van der Waals surface area contributed by atoms with Gasteiger partial charge in [0.2, 0.25) is 0 Å². The number of benzene rings is 1. The molecule has 19 heavy (non-hydrogen) atoms. The third kappa shape index (κ3) is 3.41. The van der Waals surface area contributed by atoms with Crippen molar-refractivity contribution < 1.29 is 0 Å². The molecule has 0 aliphatic heterocycles. The van der Waals surface area contributed by atoms with Gasteiger partial charge in [-0.15, -0.1) is 0 Å². The van der Waals surface area contributed by atoms with Gasteiger partial charge in [0.25, 0.3) is 0 Å². The summed E-state index contributed by atoms with van der Waals surface area (Å²) in [7, 11) is 0. The lowest BCUT2D eigenvalue weighted by Gasteiger charge is -2.38. The molecule has 2 aliphatic rings. The van der Waals surface area contributed by atoms with Crippen LogP contribution in [0.4, 0.5) is 0 Å². The molecule has 0 atom stereocenters. The molecular formula is C17H24BrN. The van der Waals surface area contributed by atoms with Crippen molar-refractivity contribution in [3.8, 4) is 0 Å². The third-order valence-corrected chi connectivity index (χ3v) is 5.63. The van der Waals surface area contributed by atoms with Crippen molar-refractivity contribution in [3.63, 3.8) is 0 Å². The molecule has 0 bridgehead atoms. The Morgan fingerprint density at radius 2 is 1.79 bits per heavy atom. The minimum absolute atomic E-state index is 0.763. The van der Waals surface area contributed by atoms with E-state index in [-0.39, 0.29) is 0 Å². The molecule has 2 heteroatoms. The predicted octanol–water partition coefficient (Wildman–Crippen LogP) is 4.87. The van der Waals surface area contributed by atoms with Crippen molar-refractivity contribution in [2.75, 3.05) is 6.54 Å². The SMILES string of the molecule is Brc1ccccc1C1CC(NCC2CCCCC2)C1. The van der Waals surface area contributed by atoms with Crippen LogP contribution in [-0.4, -0.2) is 12.6 Å². The molecule has 0 saturated heterocycles. The third-order valence-electron chi connectivity index (χ3n) is 4.90. The van der Waals surface area contributed by atoms with Gasteiger partial charge in [0.15, 0.2) is 0 Å². The average Bonchev–Trinajstić information content (AvgIpc) is 2.40. The monoisotopic (exact) mass is 321 g/mol. The van der Waals surface area contributed by atoms with E-state index in [2.05, 4.69) is 45.5 Å². The van der Waals surface area contributed by atoms with Crippen molar-refractivity contribution in [2.45, 2.75) is 56.9 Å². The maximum Gasteiger partial charge on any atom is 0.0210 e. The van der Waals surface area contributed by atoms with Crippen molar-refractivity contribution in [1.82, 2.24) is 5.32 Å². The first-order valence-corrected chi connectivity index (χ1v) is 8.60. The number of nitrogens with one attached hydrogen (secondary N) is 1. The number of rotatable bonds is 4. The summed E-state index contributed by atoms with van der Waals surface area (Å²) in [5.41, 5.74) is 1.50. The Balaban J connectivity index is 1.42. The van der Waals surface area contributed by atoms with E-state index in [1.807, 2.05) is 0 Å². The van der Waals surface area contributed by atoms with E-state index in [0.29, 0.717) is 0 Å². The van der Waals surface area contributed by atoms with Gasteiger partial charge in [-0.3, -0.25) is 0 Å². The lowest BCUT2D eigenvalue weighted by molar-refractivity contribution is 0.255. The van der Waals surface area contributed by atoms with E-state index < -0.39 is 0 Å². The Morgan fingerprint density at radius 1 is 1.05 bits per heavy atom. The fourth-order valence-electron chi connectivity index (χ4n) is 3.57. The number of hydrogen-bond donors (Lipinski definition) is 1. The van der Waals surface area contributed by atoms with Crippen LogP contribution in [0.15, 0.2) is 28.7 Å². The normalized spacial score (nSPS) is 28.1. The summed E-state index contributed by atoms with van der Waals surface area (Å²) < 4.78 is 1.28. The molecule has 104 valence electrons. The van der Waals surface area contributed by atoms with Crippen LogP contribution in [0.25, 0.3) is 0 Å². The first kappa shape index (κ1) is 13.6. The molecule has 1 nitrogen and oxygen atoms in total. The summed E-state index contributed by atoms with van der Waals surface area (Å²) in [6.07, 6.45) is 9.91. The van der Waals surface area contributed by atoms with Gasteiger partial charge < -0.3 is 5.32 Å². The molecule has 0 unspecified atom stereocenters. The highest BCUT2D eigenvalue weighted by atomic mass is 79.9. The van der Waals surface area contributed by atoms with Gasteiger partial charge in [-0.25, -0.2) is 0 Å². The maximum atomic E-state index is 3.79. The smallest absolute Gasteiger partial charge is 0.0210 e. The molecule has 2 aliphatic carbocycles. The van der Waals surface area contributed by atoms with Crippen molar-refractivity contribution >= 4 is 15.9 Å². The van der Waals surface area contributed by atoms with E-state index in [9.17, 15) is 0 Å². The van der Waals surface area contributed by atoms with E-state index >= 15 is 0 Å². The fraction of sp³-hybridized carbons (Fsp3) is 0.647.